The molecule has 0 unspecified atom stereocenters. The molecule has 0 bridgehead atoms. The van der Waals surface area contributed by atoms with E-state index in [-0.39, 0.29) is 23.5 Å². The zero-order valence-corrected chi connectivity index (χ0v) is 16.3. The topological polar surface area (TPSA) is 54.5 Å². The van der Waals surface area contributed by atoms with E-state index in [1.54, 1.807) is 16.2 Å². The van der Waals surface area contributed by atoms with Crippen molar-refractivity contribution in [3.63, 3.8) is 0 Å². The number of hydrogen-bond acceptors (Lipinski definition) is 4. The number of carbonyl (C=O) groups is 1. The molecule has 1 fully saturated rings. The van der Waals surface area contributed by atoms with Gasteiger partial charge in [0.25, 0.3) is 5.91 Å². The van der Waals surface area contributed by atoms with Crippen LogP contribution in [0.1, 0.15) is 44.9 Å². The van der Waals surface area contributed by atoms with E-state index in [9.17, 15) is 13.2 Å². The first-order valence-corrected chi connectivity index (χ1v) is 11.8. The number of amides is 1. The number of hydrogen-bond donors (Lipinski definition) is 0. The molecule has 1 aromatic heterocycles. The minimum Gasteiger partial charge on any atom is -0.330 e. The van der Waals surface area contributed by atoms with Gasteiger partial charge in [-0.15, -0.1) is 11.3 Å². The highest BCUT2D eigenvalue weighted by Gasteiger charge is 2.35. The number of aryl methyl sites for hydroxylation is 2. The maximum Gasteiger partial charge on any atom is 0.264 e. The number of thiophene rings is 1. The van der Waals surface area contributed by atoms with Crippen LogP contribution in [0, 0.1) is 0 Å². The van der Waals surface area contributed by atoms with Crippen molar-refractivity contribution in [2.45, 2.75) is 44.7 Å². The zero-order valence-electron chi connectivity index (χ0n) is 14.7. The summed E-state index contributed by atoms with van der Waals surface area (Å²) in [5.41, 5.74) is 2.34. The van der Waals surface area contributed by atoms with Crippen LogP contribution in [0.3, 0.4) is 0 Å². The Labute approximate surface area is 158 Å². The summed E-state index contributed by atoms with van der Waals surface area (Å²) in [7, 11) is -3.04. The van der Waals surface area contributed by atoms with E-state index >= 15 is 0 Å². The normalized spacial score (nSPS) is 21.3. The fraction of sp³-hybridized carbons (Fsp3) is 0.450. The van der Waals surface area contributed by atoms with Gasteiger partial charge in [0, 0.05) is 17.5 Å². The third-order valence-corrected chi connectivity index (χ3v) is 8.29. The average Bonchev–Trinajstić information content (AvgIpc) is 3.23. The Morgan fingerprint density at radius 3 is 2.62 bits per heavy atom. The highest BCUT2D eigenvalue weighted by Crippen LogP contribution is 2.32. The van der Waals surface area contributed by atoms with Crippen LogP contribution in [0.25, 0.3) is 0 Å². The number of carbonyl (C=O) groups excluding carboxylic acids is 1. The van der Waals surface area contributed by atoms with Crippen LogP contribution in [-0.4, -0.2) is 36.8 Å². The van der Waals surface area contributed by atoms with E-state index < -0.39 is 9.84 Å². The number of sulfone groups is 1. The molecule has 6 heteroatoms. The lowest BCUT2D eigenvalue weighted by molar-refractivity contribution is 0.0686. The molecule has 0 N–H and O–H groups in total. The summed E-state index contributed by atoms with van der Waals surface area (Å²) in [4.78, 5) is 17.2. The van der Waals surface area contributed by atoms with Crippen molar-refractivity contribution in [1.29, 1.82) is 0 Å². The van der Waals surface area contributed by atoms with Crippen LogP contribution in [0.15, 0.2) is 36.4 Å². The average molecular weight is 390 g/mol. The van der Waals surface area contributed by atoms with Crippen molar-refractivity contribution in [1.82, 2.24) is 4.90 Å². The SMILES string of the molecule is O=C(c1cc2c(s1)CCCC2)N(Cc1ccccc1)[C@H]1CCS(=O)(=O)C1. The van der Waals surface area contributed by atoms with Gasteiger partial charge in [-0.3, -0.25) is 4.79 Å². The van der Waals surface area contributed by atoms with Crippen molar-refractivity contribution in [2.24, 2.45) is 0 Å². The molecule has 2 heterocycles. The molecule has 4 rings (SSSR count). The van der Waals surface area contributed by atoms with Crippen LogP contribution < -0.4 is 0 Å². The Morgan fingerprint density at radius 2 is 1.92 bits per heavy atom. The lowest BCUT2D eigenvalue weighted by Gasteiger charge is -2.28. The Morgan fingerprint density at radius 1 is 1.15 bits per heavy atom. The quantitative estimate of drug-likeness (QED) is 0.805. The lowest BCUT2D eigenvalue weighted by atomic mass is 9.99. The standard InChI is InChI=1S/C20H23NO3S2/c22-20(19-12-16-8-4-5-9-18(16)25-19)21(13-15-6-2-1-3-7-15)17-10-11-26(23,24)14-17/h1-3,6-7,12,17H,4-5,8-11,13-14H2/t17-/m0/s1. The van der Waals surface area contributed by atoms with Gasteiger partial charge in [-0.25, -0.2) is 8.42 Å². The molecule has 1 saturated heterocycles. The van der Waals surface area contributed by atoms with Gasteiger partial charge in [0.2, 0.25) is 0 Å². The van der Waals surface area contributed by atoms with E-state index in [0.29, 0.717) is 13.0 Å². The van der Waals surface area contributed by atoms with E-state index in [1.807, 2.05) is 36.4 Å². The maximum atomic E-state index is 13.3. The number of nitrogens with zero attached hydrogens (tertiary/aromatic N) is 1. The van der Waals surface area contributed by atoms with Crippen molar-refractivity contribution in [2.75, 3.05) is 11.5 Å². The molecule has 0 spiro atoms. The van der Waals surface area contributed by atoms with Gasteiger partial charge in [-0.05, 0) is 49.3 Å². The van der Waals surface area contributed by atoms with Crippen molar-refractivity contribution in [3.8, 4) is 0 Å². The predicted octanol–water partition coefficient (Wildman–Crippen LogP) is 3.46. The van der Waals surface area contributed by atoms with Crippen molar-refractivity contribution < 1.29 is 13.2 Å². The summed E-state index contributed by atoms with van der Waals surface area (Å²) in [5.74, 6) is 0.240. The summed E-state index contributed by atoms with van der Waals surface area (Å²) in [5, 5.41) is 0. The molecule has 2 aromatic rings. The van der Waals surface area contributed by atoms with E-state index in [0.717, 1.165) is 23.3 Å². The van der Waals surface area contributed by atoms with Gasteiger partial charge in [0.15, 0.2) is 9.84 Å². The zero-order chi connectivity index (χ0) is 18.1. The van der Waals surface area contributed by atoms with E-state index in [4.69, 9.17) is 0 Å². The van der Waals surface area contributed by atoms with Gasteiger partial charge in [0.1, 0.15) is 0 Å². The van der Waals surface area contributed by atoms with Gasteiger partial charge < -0.3 is 4.90 Å². The molecule has 26 heavy (non-hydrogen) atoms. The Balaban J connectivity index is 1.63. The second kappa shape index (κ2) is 7.16. The monoisotopic (exact) mass is 389 g/mol. The minimum atomic E-state index is -3.04. The summed E-state index contributed by atoms with van der Waals surface area (Å²) in [6.45, 7) is 0.461. The lowest BCUT2D eigenvalue weighted by Crippen LogP contribution is -2.40. The molecule has 0 radical (unpaired) electrons. The first-order valence-electron chi connectivity index (χ1n) is 9.19. The highest BCUT2D eigenvalue weighted by molar-refractivity contribution is 7.91. The summed E-state index contributed by atoms with van der Waals surface area (Å²) < 4.78 is 24.0. The fourth-order valence-corrected chi connectivity index (χ4v) is 6.85. The Kier molecular flexibility index (Phi) is 4.88. The minimum absolute atomic E-state index is 0.0182. The molecule has 1 atom stereocenters. The second-order valence-electron chi connectivity index (χ2n) is 7.24. The van der Waals surface area contributed by atoms with Crippen LogP contribution in [0.5, 0.6) is 0 Å². The number of rotatable bonds is 4. The molecule has 138 valence electrons. The fourth-order valence-electron chi connectivity index (χ4n) is 3.91. The van der Waals surface area contributed by atoms with Crippen LogP contribution in [0.2, 0.25) is 0 Å². The molecule has 4 nitrogen and oxygen atoms in total. The van der Waals surface area contributed by atoms with Gasteiger partial charge in [-0.1, -0.05) is 30.3 Å². The van der Waals surface area contributed by atoms with Crippen LogP contribution in [-0.2, 0) is 29.2 Å². The predicted molar refractivity (Wildman–Crippen MR) is 104 cm³/mol. The van der Waals surface area contributed by atoms with Gasteiger partial charge in [-0.2, -0.15) is 0 Å². The molecule has 1 aromatic carbocycles. The highest BCUT2D eigenvalue weighted by atomic mass is 32.2. The first kappa shape index (κ1) is 17.7. The molecule has 2 aliphatic rings. The van der Waals surface area contributed by atoms with Crippen LogP contribution in [0.4, 0.5) is 0 Å². The smallest absolute Gasteiger partial charge is 0.264 e. The maximum absolute atomic E-state index is 13.3. The molecule has 1 amide bonds. The summed E-state index contributed by atoms with van der Waals surface area (Å²) in [6, 6.07) is 11.6. The third kappa shape index (κ3) is 3.71. The third-order valence-electron chi connectivity index (χ3n) is 5.31. The van der Waals surface area contributed by atoms with Crippen LogP contribution >= 0.6 is 11.3 Å². The van der Waals surface area contributed by atoms with E-state index in [2.05, 4.69) is 0 Å². The number of fused-ring (bicyclic) bond motifs is 1. The number of benzene rings is 1. The Bertz CT molecular complexity index is 879. The van der Waals surface area contributed by atoms with Crippen molar-refractivity contribution in [3.05, 3.63) is 57.3 Å². The molecular formula is C20H23NO3S2. The largest absolute Gasteiger partial charge is 0.330 e. The molecule has 1 aliphatic carbocycles. The molecule has 1 aliphatic heterocycles. The van der Waals surface area contributed by atoms with Gasteiger partial charge in [0.05, 0.1) is 16.4 Å². The first-order chi connectivity index (χ1) is 12.5. The van der Waals surface area contributed by atoms with Crippen molar-refractivity contribution >= 4 is 27.1 Å². The Hall–Kier alpha value is -1.66. The second-order valence-corrected chi connectivity index (χ2v) is 10.6. The molecular weight excluding hydrogens is 366 g/mol. The summed E-state index contributed by atoms with van der Waals surface area (Å²) in [6.07, 6.45) is 5.02. The molecule has 0 saturated carbocycles. The van der Waals surface area contributed by atoms with Gasteiger partial charge >= 0.3 is 0 Å². The summed E-state index contributed by atoms with van der Waals surface area (Å²) >= 11 is 1.60. The van der Waals surface area contributed by atoms with E-state index in [1.165, 1.54) is 23.3 Å².